The first kappa shape index (κ1) is 15.3. The molecule has 0 aromatic carbocycles. The summed E-state index contributed by atoms with van der Waals surface area (Å²) in [4.78, 5) is 14.3. The number of pyridine rings is 1. The standard InChI is InChI=1S/C10H14FN3O4S/c1-2-14-19(17,18)6-5-13-9-8(11)7(10(15)16)3-4-12-9/h3-4,14H,2,5-6H2,1H3,(H,12,13)(H,15,16). The van der Waals surface area contributed by atoms with Crippen molar-refractivity contribution in [2.75, 3.05) is 24.2 Å². The van der Waals surface area contributed by atoms with E-state index in [1.807, 2.05) is 0 Å². The van der Waals surface area contributed by atoms with E-state index in [-0.39, 0.29) is 24.7 Å². The molecule has 0 aliphatic heterocycles. The second-order valence-electron chi connectivity index (χ2n) is 3.57. The molecule has 19 heavy (non-hydrogen) atoms. The summed E-state index contributed by atoms with van der Waals surface area (Å²) in [6.45, 7) is 1.83. The van der Waals surface area contributed by atoms with Crippen LogP contribution in [0.5, 0.6) is 0 Å². The minimum atomic E-state index is -3.42. The van der Waals surface area contributed by atoms with Crippen molar-refractivity contribution >= 4 is 21.8 Å². The van der Waals surface area contributed by atoms with Gasteiger partial charge in [-0.25, -0.2) is 27.3 Å². The molecule has 0 unspecified atom stereocenters. The molecule has 9 heteroatoms. The monoisotopic (exact) mass is 291 g/mol. The average molecular weight is 291 g/mol. The fraction of sp³-hybridized carbons (Fsp3) is 0.400. The van der Waals surface area contributed by atoms with Crippen LogP contribution in [-0.4, -0.2) is 43.3 Å². The van der Waals surface area contributed by atoms with Crippen LogP contribution in [0.4, 0.5) is 10.2 Å². The summed E-state index contributed by atoms with van der Waals surface area (Å²) in [6, 6.07) is 1.03. The normalized spacial score (nSPS) is 11.3. The predicted octanol–water partition coefficient (Wildman–Crippen LogP) is 0.270. The summed E-state index contributed by atoms with van der Waals surface area (Å²) in [6.07, 6.45) is 1.13. The van der Waals surface area contributed by atoms with Crippen LogP contribution in [0, 0.1) is 5.82 Å². The van der Waals surface area contributed by atoms with Crippen molar-refractivity contribution in [1.29, 1.82) is 0 Å². The van der Waals surface area contributed by atoms with Gasteiger partial charge in [0, 0.05) is 19.3 Å². The fourth-order valence-corrected chi connectivity index (χ4v) is 2.28. The van der Waals surface area contributed by atoms with Crippen molar-refractivity contribution in [2.24, 2.45) is 0 Å². The number of hydrogen-bond donors (Lipinski definition) is 3. The van der Waals surface area contributed by atoms with E-state index in [2.05, 4.69) is 15.0 Å². The van der Waals surface area contributed by atoms with Gasteiger partial charge in [-0.1, -0.05) is 6.92 Å². The van der Waals surface area contributed by atoms with E-state index in [1.165, 1.54) is 0 Å². The molecule has 1 aromatic rings. The number of sulfonamides is 1. The van der Waals surface area contributed by atoms with Crippen LogP contribution in [0.1, 0.15) is 17.3 Å². The second kappa shape index (κ2) is 6.43. The largest absolute Gasteiger partial charge is 0.478 e. The predicted molar refractivity (Wildman–Crippen MR) is 67.1 cm³/mol. The Hall–Kier alpha value is -1.74. The van der Waals surface area contributed by atoms with Gasteiger partial charge in [0.25, 0.3) is 0 Å². The molecule has 0 aliphatic carbocycles. The zero-order valence-electron chi connectivity index (χ0n) is 10.2. The van der Waals surface area contributed by atoms with E-state index in [4.69, 9.17) is 5.11 Å². The third-order valence-corrected chi connectivity index (χ3v) is 3.62. The Morgan fingerprint density at radius 2 is 2.21 bits per heavy atom. The summed E-state index contributed by atoms with van der Waals surface area (Å²) in [5.74, 6) is -2.98. The molecule has 0 saturated heterocycles. The molecule has 0 amide bonds. The summed E-state index contributed by atoms with van der Waals surface area (Å²) >= 11 is 0. The molecule has 1 aromatic heterocycles. The molecule has 0 radical (unpaired) electrons. The van der Waals surface area contributed by atoms with Crippen LogP contribution in [0.25, 0.3) is 0 Å². The van der Waals surface area contributed by atoms with E-state index < -0.39 is 27.4 Å². The van der Waals surface area contributed by atoms with Crippen molar-refractivity contribution in [3.05, 3.63) is 23.6 Å². The van der Waals surface area contributed by atoms with Crippen molar-refractivity contribution in [1.82, 2.24) is 9.71 Å². The molecule has 3 N–H and O–H groups in total. The van der Waals surface area contributed by atoms with Gasteiger partial charge in [-0.15, -0.1) is 0 Å². The Balaban J connectivity index is 2.69. The van der Waals surface area contributed by atoms with Gasteiger partial charge < -0.3 is 10.4 Å². The maximum atomic E-state index is 13.6. The van der Waals surface area contributed by atoms with Gasteiger partial charge in [0.1, 0.15) is 5.56 Å². The number of nitrogens with one attached hydrogen (secondary N) is 2. The molecule has 0 saturated carbocycles. The molecule has 0 bridgehead atoms. The lowest BCUT2D eigenvalue weighted by Gasteiger charge is -2.08. The van der Waals surface area contributed by atoms with Gasteiger partial charge in [0.15, 0.2) is 11.6 Å². The SMILES string of the molecule is CCNS(=O)(=O)CCNc1nccc(C(=O)O)c1F. The van der Waals surface area contributed by atoms with E-state index in [0.29, 0.717) is 0 Å². The van der Waals surface area contributed by atoms with Crippen LogP contribution in [0.2, 0.25) is 0 Å². The van der Waals surface area contributed by atoms with Crippen LogP contribution < -0.4 is 10.0 Å². The molecule has 1 heterocycles. The minimum Gasteiger partial charge on any atom is -0.478 e. The summed E-state index contributed by atoms with van der Waals surface area (Å²) in [5.41, 5.74) is -0.521. The number of hydrogen-bond acceptors (Lipinski definition) is 5. The van der Waals surface area contributed by atoms with Gasteiger partial charge in [-0.3, -0.25) is 0 Å². The molecule has 0 atom stereocenters. The smallest absolute Gasteiger partial charge is 0.338 e. The molecule has 1 rings (SSSR count). The quantitative estimate of drug-likeness (QED) is 0.665. The summed E-state index contributed by atoms with van der Waals surface area (Å²) < 4.78 is 38.5. The number of carboxylic acids is 1. The number of nitrogens with zero attached hydrogens (tertiary/aromatic N) is 1. The van der Waals surface area contributed by atoms with Gasteiger partial charge >= 0.3 is 5.97 Å². The first-order chi connectivity index (χ1) is 8.87. The molecule has 0 aliphatic rings. The van der Waals surface area contributed by atoms with Crippen LogP contribution in [0.3, 0.4) is 0 Å². The van der Waals surface area contributed by atoms with E-state index in [9.17, 15) is 17.6 Å². The van der Waals surface area contributed by atoms with Crippen molar-refractivity contribution in [2.45, 2.75) is 6.92 Å². The molecular weight excluding hydrogens is 277 g/mol. The zero-order valence-corrected chi connectivity index (χ0v) is 11.0. The van der Waals surface area contributed by atoms with E-state index >= 15 is 0 Å². The Morgan fingerprint density at radius 1 is 1.53 bits per heavy atom. The number of aromatic nitrogens is 1. The molecular formula is C10H14FN3O4S. The first-order valence-electron chi connectivity index (χ1n) is 5.46. The lowest BCUT2D eigenvalue weighted by atomic mass is 10.2. The second-order valence-corrected chi connectivity index (χ2v) is 5.50. The van der Waals surface area contributed by atoms with Crippen LogP contribution in [0.15, 0.2) is 12.3 Å². The number of aromatic carboxylic acids is 1. The minimum absolute atomic E-state index is 0.0810. The zero-order chi connectivity index (χ0) is 14.5. The van der Waals surface area contributed by atoms with E-state index in [1.54, 1.807) is 6.92 Å². The maximum Gasteiger partial charge on any atom is 0.338 e. The number of halogens is 1. The highest BCUT2D eigenvalue weighted by Gasteiger charge is 2.15. The van der Waals surface area contributed by atoms with Gasteiger partial charge in [-0.2, -0.15) is 0 Å². The van der Waals surface area contributed by atoms with Gasteiger partial charge in [-0.05, 0) is 6.07 Å². The Labute approximate surface area is 109 Å². The lowest BCUT2D eigenvalue weighted by Crippen LogP contribution is -2.29. The highest BCUT2D eigenvalue weighted by atomic mass is 32.2. The van der Waals surface area contributed by atoms with Gasteiger partial charge in [0.2, 0.25) is 10.0 Å². The number of carboxylic acid groups (broad SMARTS) is 1. The maximum absolute atomic E-state index is 13.6. The summed E-state index contributed by atoms with van der Waals surface area (Å²) in [7, 11) is -3.42. The Morgan fingerprint density at radius 3 is 2.79 bits per heavy atom. The number of anilines is 1. The van der Waals surface area contributed by atoms with Crippen molar-refractivity contribution in [3.8, 4) is 0 Å². The first-order valence-corrected chi connectivity index (χ1v) is 7.11. The Bertz CT molecular complexity index is 562. The Kier molecular flexibility index (Phi) is 5.19. The average Bonchev–Trinajstić information content (AvgIpc) is 2.30. The topological polar surface area (TPSA) is 108 Å². The third-order valence-electron chi connectivity index (χ3n) is 2.15. The highest BCUT2D eigenvalue weighted by molar-refractivity contribution is 7.89. The summed E-state index contributed by atoms with van der Waals surface area (Å²) in [5, 5.41) is 11.2. The van der Waals surface area contributed by atoms with Crippen LogP contribution >= 0.6 is 0 Å². The third kappa shape index (κ3) is 4.45. The van der Waals surface area contributed by atoms with Crippen LogP contribution in [-0.2, 0) is 10.0 Å². The van der Waals surface area contributed by atoms with Gasteiger partial charge in [0.05, 0.1) is 5.75 Å². The number of carbonyl (C=O) groups is 1. The molecule has 0 spiro atoms. The molecule has 7 nitrogen and oxygen atoms in total. The fourth-order valence-electron chi connectivity index (χ4n) is 1.33. The van der Waals surface area contributed by atoms with E-state index in [0.717, 1.165) is 12.3 Å². The molecule has 106 valence electrons. The lowest BCUT2D eigenvalue weighted by molar-refractivity contribution is 0.0692. The van der Waals surface area contributed by atoms with Crippen molar-refractivity contribution in [3.63, 3.8) is 0 Å². The van der Waals surface area contributed by atoms with Crippen molar-refractivity contribution < 1.29 is 22.7 Å². The molecule has 0 fully saturated rings. The number of rotatable bonds is 7. The highest BCUT2D eigenvalue weighted by Crippen LogP contribution is 2.14.